The van der Waals surface area contributed by atoms with Crippen LogP contribution in [0, 0.1) is 0 Å². The number of nitrogens with one attached hydrogen (secondary N) is 1. The Hall–Kier alpha value is -2.04. The number of nitrogens with zero attached hydrogens (tertiary/aromatic N) is 2. The summed E-state index contributed by atoms with van der Waals surface area (Å²) in [5.41, 5.74) is 2.45. The third-order valence-electron chi connectivity index (χ3n) is 4.81. The number of fused-ring (bicyclic) bond motifs is 3. The summed E-state index contributed by atoms with van der Waals surface area (Å²) in [5.74, 6) is 0.0670. The van der Waals surface area contributed by atoms with Gasteiger partial charge in [0.1, 0.15) is 6.04 Å². The van der Waals surface area contributed by atoms with Gasteiger partial charge in [0.25, 0.3) is 5.91 Å². The number of hydrogen-bond acceptors (Lipinski definition) is 3. The molecule has 0 spiro atoms. The molecule has 0 bridgehead atoms. The van der Waals surface area contributed by atoms with Gasteiger partial charge in [-0.1, -0.05) is 13.3 Å². The fraction of sp³-hybridized carbons (Fsp3) is 0.556. The maximum atomic E-state index is 12.5. The number of hydrogen-bond donors (Lipinski definition) is 1. The Bertz CT molecular complexity index is 614. The van der Waals surface area contributed by atoms with Gasteiger partial charge in [0.2, 0.25) is 5.91 Å². The third kappa shape index (κ3) is 3.05. The van der Waals surface area contributed by atoms with Crippen LogP contribution >= 0.6 is 0 Å². The second kappa shape index (κ2) is 6.60. The lowest BCUT2D eigenvalue weighted by Crippen LogP contribution is -2.50. The molecule has 124 valence electrons. The maximum absolute atomic E-state index is 12.5. The zero-order valence-corrected chi connectivity index (χ0v) is 14.0. The van der Waals surface area contributed by atoms with Gasteiger partial charge in [-0.25, -0.2) is 0 Å². The summed E-state index contributed by atoms with van der Waals surface area (Å²) in [4.78, 5) is 28.7. The first-order valence-electron chi connectivity index (χ1n) is 8.59. The fourth-order valence-corrected chi connectivity index (χ4v) is 3.45. The molecule has 1 aromatic rings. The van der Waals surface area contributed by atoms with Crippen molar-refractivity contribution < 1.29 is 9.59 Å². The molecule has 1 saturated heterocycles. The lowest BCUT2D eigenvalue weighted by Gasteiger charge is -2.41. The van der Waals surface area contributed by atoms with Gasteiger partial charge in [0.05, 0.1) is 11.4 Å². The Kier molecular flexibility index (Phi) is 4.55. The minimum atomic E-state index is -0.0509. The van der Waals surface area contributed by atoms with E-state index in [1.807, 2.05) is 25.2 Å². The quantitative estimate of drug-likeness (QED) is 0.929. The highest BCUT2D eigenvalue weighted by Gasteiger charge is 2.34. The van der Waals surface area contributed by atoms with Gasteiger partial charge in [0, 0.05) is 25.7 Å². The molecule has 3 rings (SSSR count). The van der Waals surface area contributed by atoms with E-state index < -0.39 is 0 Å². The predicted octanol–water partition coefficient (Wildman–Crippen LogP) is 2.87. The maximum Gasteiger partial charge on any atom is 0.253 e. The SMILES string of the molecule is CCCCN(C)C(=O)c1ccc2c(c1)NC(=O)C1CCCCN21. The molecule has 0 saturated carbocycles. The molecule has 2 amide bonds. The number of amides is 2. The van der Waals surface area contributed by atoms with Crippen molar-refractivity contribution in [3.8, 4) is 0 Å². The summed E-state index contributed by atoms with van der Waals surface area (Å²) < 4.78 is 0. The number of unbranched alkanes of at least 4 members (excludes halogenated alkanes) is 1. The first kappa shape index (κ1) is 15.8. The van der Waals surface area contributed by atoms with Crippen molar-refractivity contribution in [2.24, 2.45) is 0 Å². The van der Waals surface area contributed by atoms with Gasteiger partial charge in [-0.15, -0.1) is 0 Å². The Balaban J connectivity index is 1.84. The van der Waals surface area contributed by atoms with Crippen LogP contribution in [0.1, 0.15) is 49.4 Å². The number of rotatable bonds is 4. The van der Waals surface area contributed by atoms with Crippen molar-refractivity contribution in [1.29, 1.82) is 0 Å². The van der Waals surface area contributed by atoms with E-state index in [0.717, 1.165) is 56.6 Å². The van der Waals surface area contributed by atoms with Crippen LogP contribution in [0.2, 0.25) is 0 Å². The lowest BCUT2D eigenvalue weighted by molar-refractivity contribution is -0.118. The van der Waals surface area contributed by atoms with Crippen LogP contribution in [0.4, 0.5) is 11.4 Å². The number of carbonyl (C=O) groups excluding carboxylic acids is 2. The molecule has 1 N–H and O–H groups in total. The van der Waals surface area contributed by atoms with Crippen LogP contribution in [-0.4, -0.2) is 42.9 Å². The molecule has 0 radical (unpaired) electrons. The standard InChI is InChI=1S/C18H25N3O2/c1-3-4-10-20(2)18(23)13-8-9-15-14(12-13)19-17(22)16-7-5-6-11-21(15)16/h8-9,12,16H,3-7,10-11H2,1-2H3,(H,19,22). The highest BCUT2D eigenvalue weighted by molar-refractivity contribution is 6.05. The van der Waals surface area contributed by atoms with Crippen molar-refractivity contribution in [2.45, 2.75) is 45.1 Å². The first-order valence-corrected chi connectivity index (χ1v) is 8.59. The van der Waals surface area contributed by atoms with Gasteiger partial charge in [-0.05, 0) is 43.9 Å². The molecular weight excluding hydrogens is 290 g/mol. The Morgan fingerprint density at radius 1 is 1.39 bits per heavy atom. The van der Waals surface area contributed by atoms with Crippen molar-refractivity contribution in [3.63, 3.8) is 0 Å². The highest BCUT2D eigenvalue weighted by Crippen LogP contribution is 2.36. The highest BCUT2D eigenvalue weighted by atomic mass is 16.2. The largest absolute Gasteiger partial charge is 0.358 e. The van der Waals surface area contributed by atoms with E-state index in [0.29, 0.717) is 5.56 Å². The van der Waals surface area contributed by atoms with Crippen LogP contribution in [0.3, 0.4) is 0 Å². The summed E-state index contributed by atoms with van der Waals surface area (Å²) in [6.07, 6.45) is 5.19. The molecular formula is C18H25N3O2. The van der Waals surface area contributed by atoms with E-state index in [-0.39, 0.29) is 17.9 Å². The minimum absolute atomic E-state index is 0.0104. The molecule has 0 aliphatic carbocycles. The summed E-state index contributed by atoms with van der Waals surface area (Å²) in [6, 6.07) is 5.63. The molecule has 5 heteroatoms. The van der Waals surface area contributed by atoms with E-state index in [1.54, 1.807) is 4.90 Å². The summed E-state index contributed by atoms with van der Waals surface area (Å²) in [6.45, 7) is 3.78. The molecule has 1 atom stereocenters. The van der Waals surface area contributed by atoms with E-state index >= 15 is 0 Å². The summed E-state index contributed by atoms with van der Waals surface area (Å²) >= 11 is 0. The van der Waals surface area contributed by atoms with Crippen molar-refractivity contribution in [2.75, 3.05) is 30.4 Å². The van der Waals surface area contributed by atoms with Crippen LogP contribution in [0.25, 0.3) is 0 Å². The minimum Gasteiger partial charge on any atom is -0.358 e. The number of benzene rings is 1. The lowest BCUT2D eigenvalue weighted by atomic mass is 9.96. The second-order valence-corrected chi connectivity index (χ2v) is 6.51. The Morgan fingerprint density at radius 3 is 3.00 bits per heavy atom. The zero-order chi connectivity index (χ0) is 16.4. The fourth-order valence-electron chi connectivity index (χ4n) is 3.45. The van der Waals surface area contributed by atoms with E-state index in [4.69, 9.17) is 0 Å². The molecule has 1 unspecified atom stereocenters. The van der Waals surface area contributed by atoms with Crippen molar-refractivity contribution >= 4 is 23.2 Å². The normalized spacial score (nSPS) is 19.7. The van der Waals surface area contributed by atoms with Crippen molar-refractivity contribution in [3.05, 3.63) is 23.8 Å². The smallest absolute Gasteiger partial charge is 0.253 e. The number of carbonyl (C=O) groups is 2. The Labute approximate surface area is 137 Å². The molecule has 1 fully saturated rings. The zero-order valence-electron chi connectivity index (χ0n) is 14.0. The second-order valence-electron chi connectivity index (χ2n) is 6.51. The van der Waals surface area contributed by atoms with Crippen LogP contribution in [-0.2, 0) is 4.79 Å². The van der Waals surface area contributed by atoms with Gasteiger partial charge in [0.15, 0.2) is 0 Å². The third-order valence-corrected chi connectivity index (χ3v) is 4.81. The molecule has 1 aromatic carbocycles. The van der Waals surface area contributed by atoms with Crippen LogP contribution in [0.15, 0.2) is 18.2 Å². The number of anilines is 2. The van der Waals surface area contributed by atoms with E-state index in [9.17, 15) is 9.59 Å². The van der Waals surface area contributed by atoms with E-state index in [2.05, 4.69) is 17.1 Å². The molecule has 5 nitrogen and oxygen atoms in total. The molecule has 2 aliphatic rings. The molecule has 2 aliphatic heterocycles. The summed E-state index contributed by atoms with van der Waals surface area (Å²) in [5, 5.41) is 2.99. The molecule has 23 heavy (non-hydrogen) atoms. The number of piperidine rings is 1. The molecule has 2 heterocycles. The predicted molar refractivity (Wildman–Crippen MR) is 91.9 cm³/mol. The van der Waals surface area contributed by atoms with Gasteiger partial charge >= 0.3 is 0 Å². The average Bonchev–Trinajstić information content (AvgIpc) is 2.58. The Morgan fingerprint density at radius 2 is 2.22 bits per heavy atom. The van der Waals surface area contributed by atoms with Crippen LogP contribution < -0.4 is 10.2 Å². The van der Waals surface area contributed by atoms with Gasteiger partial charge in [-0.3, -0.25) is 9.59 Å². The van der Waals surface area contributed by atoms with Gasteiger partial charge < -0.3 is 15.1 Å². The van der Waals surface area contributed by atoms with E-state index in [1.165, 1.54) is 0 Å². The average molecular weight is 315 g/mol. The first-order chi connectivity index (χ1) is 11.1. The molecule has 0 aromatic heterocycles. The summed E-state index contributed by atoms with van der Waals surface area (Å²) in [7, 11) is 1.83. The monoisotopic (exact) mass is 315 g/mol. The van der Waals surface area contributed by atoms with Crippen LogP contribution in [0.5, 0.6) is 0 Å². The van der Waals surface area contributed by atoms with Crippen molar-refractivity contribution in [1.82, 2.24) is 4.90 Å². The van der Waals surface area contributed by atoms with Gasteiger partial charge in [-0.2, -0.15) is 0 Å². The topological polar surface area (TPSA) is 52.7 Å².